The summed E-state index contributed by atoms with van der Waals surface area (Å²) >= 11 is 6.11. The Morgan fingerprint density at radius 3 is 2.08 bits per heavy atom. The third-order valence-corrected chi connectivity index (χ3v) is 5.42. The van der Waals surface area contributed by atoms with E-state index in [1.54, 1.807) is 12.5 Å². The molecule has 3 nitrogen and oxygen atoms in total. The highest BCUT2D eigenvalue weighted by Gasteiger charge is 2.35. The van der Waals surface area contributed by atoms with Crippen molar-refractivity contribution < 1.29 is 0 Å². The summed E-state index contributed by atoms with van der Waals surface area (Å²) in [7, 11) is 0. The Morgan fingerprint density at radius 1 is 0.840 bits per heavy atom. The SMILES string of the molecule is Clc1ccc(C2(c3ccc(-c4ccncn4)cc3)CCNCC2)cc1. The number of nitrogens with one attached hydrogen (secondary N) is 1. The minimum atomic E-state index is 0.0417. The molecule has 1 aliphatic rings. The molecule has 4 rings (SSSR count). The van der Waals surface area contributed by atoms with Crippen molar-refractivity contribution in [1.82, 2.24) is 15.3 Å². The van der Waals surface area contributed by atoms with Gasteiger partial charge < -0.3 is 5.32 Å². The van der Waals surface area contributed by atoms with Crippen molar-refractivity contribution in [3.63, 3.8) is 0 Å². The first-order valence-corrected chi connectivity index (χ1v) is 8.99. The highest BCUT2D eigenvalue weighted by molar-refractivity contribution is 6.30. The Bertz CT molecular complexity index is 823. The van der Waals surface area contributed by atoms with E-state index in [-0.39, 0.29) is 5.41 Å². The van der Waals surface area contributed by atoms with Gasteiger partial charge in [0.05, 0.1) is 5.69 Å². The maximum atomic E-state index is 6.11. The third kappa shape index (κ3) is 3.17. The Labute approximate surface area is 153 Å². The molecule has 1 N–H and O–H groups in total. The van der Waals surface area contributed by atoms with Crippen LogP contribution in [0.15, 0.2) is 67.1 Å². The summed E-state index contributed by atoms with van der Waals surface area (Å²) in [5.41, 5.74) is 4.81. The van der Waals surface area contributed by atoms with Crippen LogP contribution in [0.5, 0.6) is 0 Å². The molecule has 1 fully saturated rings. The van der Waals surface area contributed by atoms with Crippen molar-refractivity contribution in [2.75, 3.05) is 13.1 Å². The van der Waals surface area contributed by atoms with Gasteiger partial charge in [-0.3, -0.25) is 0 Å². The second-order valence-corrected chi connectivity index (χ2v) is 6.95. The molecule has 25 heavy (non-hydrogen) atoms. The van der Waals surface area contributed by atoms with Crippen molar-refractivity contribution in [3.05, 3.63) is 83.3 Å². The monoisotopic (exact) mass is 349 g/mol. The number of halogens is 1. The summed E-state index contributed by atoms with van der Waals surface area (Å²) in [4.78, 5) is 8.33. The van der Waals surface area contributed by atoms with Gasteiger partial charge in [0.25, 0.3) is 0 Å². The van der Waals surface area contributed by atoms with Gasteiger partial charge in [-0.15, -0.1) is 0 Å². The Morgan fingerprint density at radius 2 is 1.48 bits per heavy atom. The second kappa shape index (κ2) is 6.95. The van der Waals surface area contributed by atoms with E-state index < -0.39 is 0 Å². The highest BCUT2D eigenvalue weighted by atomic mass is 35.5. The number of benzene rings is 2. The molecule has 0 unspecified atom stereocenters. The molecule has 0 saturated carbocycles. The van der Waals surface area contributed by atoms with Gasteiger partial charge in [-0.1, -0.05) is 48.0 Å². The Balaban J connectivity index is 1.74. The largest absolute Gasteiger partial charge is 0.317 e. The fraction of sp³-hybridized carbons (Fsp3) is 0.238. The van der Waals surface area contributed by atoms with Gasteiger partial charge in [0, 0.05) is 22.2 Å². The molecule has 0 amide bonds. The summed E-state index contributed by atoms with van der Waals surface area (Å²) in [6, 6.07) is 19.1. The molecule has 0 radical (unpaired) electrons. The molecule has 126 valence electrons. The highest BCUT2D eigenvalue weighted by Crippen LogP contribution is 2.41. The first-order valence-electron chi connectivity index (χ1n) is 8.62. The molecule has 0 aliphatic carbocycles. The van der Waals surface area contributed by atoms with E-state index in [1.165, 1.54) is 11.1 Å². The lowest BCUT2D eigenvalue weighted by molar-refractivity contribution is 0.362. The second-order valence-electron chi connectivity index (χ2n) is 6.51. The first-order chi connectivity index (χ1) is 12.3. The van der Waals surface area contributed by atoms with Crippen molar-refractivity contribution >= 4 is 11.6 Å². The zero-order valence-electron chi connectivity index (χ0n) is 14.0. The smallest absolute Gasteiger partial charge is 0.116 e. The minimum absolute atomic E-state index is 0.0417. The molecule has 0 spiro atoms. The van der Waals surface area contributed by atoms with Gasteiger partial charge in [0.1, 0.15) is 6.33 Å². The molecule has 3 aromatic rings. The van der Waals surface area contributed by atoms with E-state index >= 15 is 0 Å². The van der Waals surface area contributed by atoms with Crippen LogP contribution >= 0.6 is 11.6 Å². The van der Waals surface area contributed by atoms with E-state index in [0.717, 1.165) is 42.2 Å². The molecule has 1 aromatic heterocycles. The van der Waals surface area contributed by atoms with E-state index in [4.69, 9.17) is 11.6 Å². The maximum Gasteiger partial charge on any atom is 0.116 e. The van der Waals surface area contributed by atoms with E-state index in [0.29, 0.717) is 0 Å². The standard InChI is InChI=1S/C21H20ClN3/c22-19-7-5-18(6-8-19)21(10-13-23-14-11-21)17-3-1-16(2-4-17)20-9-12-24-15-25-20/h1-9,12,15,23H,10-11,13-14H2. The molecule has 2 aromatic carbocycles. The molecule has 0 bridgehead atoms. The van der Waals surface area contributed by atoms with Crippen LogP contribution in [0.3, 0.4) is 0 Å². The van der Waals surface area contributed by atoms with Crippen molar-refractivity contribution in [2.45, 2.75) is 18.3 Å². The van der Waals surface area contributed by atoms with E-state index in [1.807, 2.05) is 18.2 Å². The van der Waals surface area contributed by atoms with Gasteiger partial charge in [-0.2, -0.15) is 0 Å². The Hall–Kier alpha value is -2.23. The van der Waals surface area contributed by atoms with Crippen LogP contribution in [-0.4, -0.2) is 23.1 Å². The van der Waals surface area contributed by atoms with Crippen molar-refractivity contribution in [2.24, 2.45) is 0 Å². The lowest BCUT2D eigenvalue weighted by Crippen LogP contribution is -2.40. The van der Waals surface area contributed by atoms with Crippen LogP contribution < -0.4 is 5.32 Å². The number of rotatable bonds is 3. The fourth-order valence-corrected chi connectivity index (χ4v) is 3.91. The summed E-state index contributed by atoms with van der Waals surface area (Å²) in [6.07, 6.45) is 5.53. The number of aromatic nitrogens is 2. The van der Waals surface area contributed by atoms with Gasteiger partial charge in [-0.25, -0.2) is 9.97 Å². The summed E-state index contributed by atoms with van der Waals surface area (Å²) in [6.45, 7) is 2.05. The maximum absolute atomic E-state index is 6.11. The number of piperidine rings is 1. The lowest BCUT2D eigenvalue weighted by atomic mass is 9.68. The van der Waals surface area contributed by atoms with E-state index in [2.05, 4.69) is 51.7 Å². The fourth-order valence-electron chi connectivity index (χ4n) is 3.79. The molecule has 1 aliphatic heterocycles. The molecule has 2 heterocycles. The van der Waals surface area contributed by atoms with Gasteiger partial charge in [-0.05, 0) is 55.3 Å². The molecular weight excluding hydrogens is 330 g/mol. The summed E-state index contributed by atoms with van der Waals surface area (Å²) in [5, 5.41) is 4.27. The lowest BCUT2D eigenvalue weighted by Gasteiger charge is -2.39. The molecule has 1 saturated heterocycles. The average Bonchev–Trinajstić information content (AvgIpc) is 2.70. The Kier molecular flexibility index (Phi) is 4.51. The van der Waals surface area contributed by atoms with Crippen LogP contribution in [-0.2, 0) is 5.41 Å². The predicted octanol–water partition coefficient (Wildman–Crippen LogP) is 4.47. The van der Waals surface area contributed by atoms with Crippen molar-refractivity contribution in [3.8, 4) is 11.3 Å². The van der Waals surface area contributed by atoms with Gasteiger partial charge in [0.2, 0.25) is 0 Å². The van der Waals surface area contributed by atoms with Crippen LogP contribution in [0.2, 0.25) is 5.02 Å². The topological polar surface area (TPSA) is 37.8 Å². The number of hydrogen-bond acceptors (Lipinski definition) is 3. The zero-order valence-corrected chi connectivity index (χ0v) is 14.7. The normalized spacial score (nSPS) is 16.5. The summed E-state index contributed by atoms with van der Waals surface area (Å²) in [5.74, 6) is 0. The quantitative estimate of drug-likeness (QED) is 0.758. The molecule has 0 atom stereocenters. The van der Waals surface area contributed by atoms with Gasteiger partial charge >= 0.3 is 0 Å². The van der Waals surface area contributed by atoms with Crippen LogP contribution in [0.4, 0.5) is 0 Å². The van der Waals surface area contributed by atoms with Gasteiger partial charge in [0.15, 0.2) is 0 Å². The molecular formula is C21H20ClN3. The first kappa shape index (κ1) is 16.2. The predicted molar refractivity (Wildman–Crippen MR) is 102 cm³/mol. The zero-order chi connectivity index (χ0) is 17.1. The number of nitrogens with zero attached hydrogens (tertiary/aromatic N) is 2. The van der Waals surface area contributed by atoms with Crippen LogP contribution in [0, 0.1) is 0 Å². The van der Waals surface area contributed by atoms with Crippen LogP contribution in [0.1, 0.15) is 24.0 Å². The van der Waals surface area contributed by atoms with E-state index in [9.17, 15) is 0 Å². The number of hydrogen-bond donors (Lipinski definition) is 1. The average molecular weight is 350 g/mol. The van der Waals surface area contributed by atoms with Crippen LogP contribution in [0.25, 0.3) is 11.3 Å². The third-order valence-electron chi connectivity index (χ3n) is 5.17. The van der Waals surface area contributed by atoms with Crippen molar-refractivity contribution in [1.29, 1.82) is 0 Å². The summed E-state index contributed by atoms with van der Waals surface area (Å²) < 4.78 is 0. The molecule has 4 heteroatoms. The minimum Gasteiger partial charge on any atom is -0.317 e.